The molecule has 134 valence electrons. The monoisotopic (exact) mass is 353 g/mol. The zero-order chi connectivity index (χ0) is 17.6. The Morgan fingerprint density at radius 3 is 2.58 bits per heavy atom. The van der Waals surface area contributed by atoms with Crippen LogP contribution in [0.2, 0.25) is 0 Å². The predicted molar refractivity (Wildman–Crippen MR) is 93.8 cm³/mol. The molecule has 0 aromatic heterocycles. The Hall–Kier alpha value is -1.44. The van der Waals surface area contributed by atoms with Crippen molar-refractivity contribution in [1.82, 2.24) is 9.62 Å². The van der Waals surface area contributed by atoms with Crippen LogP contribution in [0.15, 0.2) is 29.2 Å². The Morgan fingerprint density at radius 2 is 1.92 bits per heavy atom. The SMILES string of the molecule is CC(N)CCC(=O)NCc1ccccc1S(=O)(=O)N1CCCCC1. The first-order valence-corrected chi connectivity index (χ1v) is 9.95. The van der Waals surface area contributed by atoms with Gasteiger partial charge < -0.3 is 11.1 Å². The third-order valence-corrected chi connectivity index (χ3v) is 6.21. The van der Waals surface area contributed by atoms with E-state index >= 15 is 0 Å². The van der Waals surface area contributed by atoms with Crippen molar-refractivity contribution in [2.75, 3.05) is 13.1 Å². The Labute approximate surface area is 144 Å². The van der Waals surface area contributed by atoms with Crippen LogP contribution >= 0.6 is 0 Å². The summed E-state index contributed by atoms with van der Waals surface area (Å²) in [5.41, 5.74) is 6.27. The van der Waals surface area contributed by atoms with Crippen LogP contribution in [0.3, 0.4) is 0 Å². The van der Waals surface area contributed by atoms with E-state index in [1.54, 1.807) is 28.6 Å². The van der Waals surface area contributed by atoms with Crippen LogP contribution < -0.4 is 11.1 Å². The summed E-state index contributed by atoms with van der Waals surface area (Å²) < 4.78 is 27.3. The van der Waals surface area contributed by atoms with Gasteiger partial charge in [-0.15, -0.1) is 0 Å². The van der Waals surface area contributed by atoms with Gasteiger partial charge in [0.2, 0.25) is 15.9 Å². The number of hydrogen-bond donors (Lipinski definition) is 2. The van der Waals surface area contributed by atoms with Gasteiger partial charge in [-0.25, -0.2) is 8.42 Å². The van der Waals surface area contributed by atoms with Crippen LogP contribution in [-0.2, 0) is 21.4 Å². The van der Waals surface area contributed by atoms with Gasteiger partial charge in [-0.3, -0.25) is 4.79 Å². The average molecular weight is 353 g/mol. The summed E-state index contributed by atoms with van der Waals surface area (Å²) in [6.45, 7) is 3.20. The van der Waals surface area contributed by atoms with Crippen molar-refractivity contribution in [2.45, 2.75) is 56.5 Å². The molecule has 1 aromatic carbocycles. The first-order chi connectivity index (χ1) is 11.4. The Kier molecular flexibility index (Phi) is 6.77. The largest absolute Gasteiger partial charge is 0.352 e. The third-order valence-electron chi connectivity index (χ3n) is 4.21. The standard InChI is InChI=1S/C17H27N3O3S/c1-14(18)9-10-17(21)19-13-15-7-3-4-8-16(15)24(22,23)20-11-5-2-6-12-20/h3-4,7-8,14H,2,5-6,9-13,18H2,1H3,(H,19,21). The van der Waals surface area contributed by atoms with E-state index in [1.165, 1.54) is 0 Å². The fraction of sp³-hybridized carbons (Fsp3) is 0.588. The summed E-state index contributed by atoms with van der Waals surface area (Å²) >= 11 is 0. The lowest BCUT2D eigenvalue weighted by atomic mass is 10.2. The minimum absolute atomic E-state index is 0.0254. The van der Waals surface area contributed by atoms with E-state index in [1.807, 2.05) is 6.92 Å². The van der Waals surface area contributed by atoms with E-state index in [2.05, 4.69) is 5.32 Å². The highest BCUT2D eigenvalue weighted by Gasteiger charge is 2.27. The van der Waals surface area contributed by atoms with Crippen molar-refractivity contribution in [2.24, 2.45) is 5.73 Å². The highest BCUT2D eigenvalue weighted by atomic mass is 32.2. The van der Waals surface area contributed by atoms with Crippen LogP contribution in [0.1, 0.15) is 44.6 Å². The van der Waals surface area contributed by atoms with Gasteiger partial charge in [0.1, 0.15) is 0 Å². The molecule has 1 aliphatic rings. The Balaban J connectivity index is 2.08. The van der Waals surface area contributed by atoms with E-state index < -0.39 is 10.0 Å². The summed E-state index contributed by atoms with van der Waals surface area (Å²) in [6.07, 6.45) is 3.83. The van der Waals surface area contributed by atoms with Crippen LogP contribution in [0.4, 0.5) is 0 Å². The minimum atomic E-state index is -3.50. The highest BCUT2D eigenvalue weighted by molar-refractivity contribution is 7.89. The smallest absolute Gasteiger partial charge is 0.243 e. The number of nitrogens with two attached hydrogens (primary N) is 1. The third kappa shape index (κ3) is 5.03. The number of piperidine rings is 1. The number of amides is 1. The highest BCUT2D eigenvalue weighted by Crippen LogP contribution is 2.23. The molecule has 6 nitrogen and oxygen atoms in total. The van der Waals surface area contributed by atoms with Gasteiger partial charge in [-0.2, -0.15) is 4.31 Å². The molecule has 1 unspecified atom stereocenters. The number of benzene rings is 1. The van der Waals surface area contributed by atoms with Crippen molar-refractivity contribution >= 4 is 15.9 Å². The van der Waals surface area contributed by atoms with E-state index in [-0.39, 0.29) is 18.5 Å². The van der Waals surface area contributed by atoms with Gasteiger partial charge in [0.15, 0.2) is 0 Å². The van der Waals surface area contributed by atoms with Crippen LogP contribution in [-0.4, -0.2) is 37.8 Å². The molecular formula is C17H27N3O3S. The maximum Gasteiger partial charge on any atom is 0.243 e. The van der Waals surface area contributed by atoms with Gasteiger partial charge in [0, 0.05) is 32.1 Å². The fourth-order valence-electron chi connectivity index (χ4n) is 2.79. The minimum Gasteiger partial charge on any atom is -0.352 e. The van der Waals surface area contributed by atoms with E-state index in [0.717, 1.165) is 19.3 Å². The number of carbonyl (C=O) groups is 1. The first-order valence-electron chi connectivity index (χ1n) is 8.51. The quantitative estimate of drug-likeness (QED) is 0.779. The summed E-state index contributed by atoms with van der Waals surface area (Å²) in [7, 11) is -3.50. The van der Waals surface area contributed by atoms with E-state index in [0.29, 0.717) is 36.4 Å². The van der Waals surface area contributed by atoms with Crippen molar-refractivity contribution in [3.63, 3.8) is 0 Å². The Morgan fingerprint density at radius 1 is 1.25 bits per heavy atom. The summed E-state index contributed by atoms with van der Waals surface area (Å²) in [6, 6.07) is 6.86. The topological polar surface area (TPSA) is 92.5 Å². The molecule has 0 bridgehead atoms. The molecule has 24 heavy (non-hydrogen) atoms. The first kappa shape index (κ1) is 18.9. The molecule has 1 fully saturated rings. The Bertz CT molecular complexity index is 653. The number of rotatable bonds is 7. The van der Waals surface area contributed by atoms with Gasteiger partial charge in [0.25, 0.3) is 0 Å². The van der Waals surface area contributed by atoms with E-state index in [4.69, 9.17) is 5.73 Å². The van der Waals surface area contributed by atoms with E-state index in [9.17, 15) is 13.2 Å². The van der Waals surface area contributed by atoms with Crippen LogP contribution in [0, 0.1) is 0 Å². The maximum atomic E-state index is 12.9. The molecule has 0 radical (unpaired) electrons. The van der Waals surface area contributed by atoms with Gasteiger partial charge in [-0.05, 0) is 37.8 Å². The van der Waals surface area contributed by atoms with Crippen molar-refractivity contribution < 1.29 is 13.2 Å². The molecule has 2 rings (SSSR count). The van der Waals surface area contributed by atoms with Gasteiger partial charge in [-0.1, -0.05) is 24.6 Å². The number of carbonyl (C=O) groups excluding carboxylic acids is 1. The molecule has 1 saturated heterocycles. The second-order valence-corrected chi connectivity index (χ2v) is 8.27. The molecule has 1 amide bonds. The lowest BCUT2D eigenvalue weighted by Crippen LogP contribution is -2.36. The molecule has 1 aromatic rings. The van der Waals surface area contributed by atoms with Crippen molar-refractivity contribution in [1.29, 1.82) is 0 Å². The summed E-state index contributed by atoms with van der Waals surface area (Å²) in [5, 5.41) is 2.79. The van der Waals surface area contributed by atoms with Gasteiger partial charge >= 0.3 is 0 Å². The normalized spacial score (nSPS) is 17.4. The molecular weight excluding hydrogens is 326 g/mol. The second kappa shape index (κ2) is 8.60. The molecule has 1 atom stereocenters. The molecule has 1 aliphatic heterocycles. The van der Waals surface area contributed by atoms with Crippen molar-refractivity contribution in [3.8, 4) is 0 Å². The average Bonchev–Trinajstić information content (AvgIpc) is 2.59. The number of sulfonamides is 1. The zero-order valence-electron chi connectivity index (χ0n) is 14.2. The lowest BCUT2D eigenvalue weighted by molar-refractivity contribution is -0.121. The van der Waals surface area contributed by atoms with Crippen molar-refractivity contribution in [3.05, 3.63) is 29.8 Å². The van der Waals surface area contributed by atoms with Crippen LogP contribution in [0.5, 0.6) is 0 Å². The molecule has 1 heterocycles. The zero-order valence-corrected chi connectivity index (χ0v) is 15.0. The molecule has 0 aliphatic carbocycles. The number of nitrogens with one attached hydrogen (secondary N) is 1. The molecule has 7 heteroatoms. The number of nitrogens with zero attached hydrogens (tertiary/aromatic N) is 1. The second-order valence-electron chi connectivity index (χ2n) is 6.37. The molecule has 3 N–H and O–H groups in total. The summed E-state index contributed by atoms with van der Waals surface area (Å²) in [4.78, 5) is 12.1. The molecule has 0 spiro atoms. The summed E-state index contributed by atoms with van der Waals surface area (Å²) in [5.74, 6) is -0.113. The molecule has 0 saturated carbocycles. The fourth-order valence-corrected chi connectivity index (χ4v) is 4.53. The predicted octanol–water partition coefficient (Wildman–Crippen LogP) is 1.60. The number of hydrogen-bond acceptors (Lipinski definition) is 4. The van der Waals surface area contributed by atoms with Crippen LogP contribution in [0.25, 0.3) is 0 Å². The van der Waals surface area contributed by atoms with Gasteiger partial charge in [0.05, 0.1) is 4.90 Å². The maximum absolute atomic E-state index is 12.9. The lowest BCUT2D eigenvalue weighted by Gasteiger charge is -2.26.